The number of nitrogens with zero attached hydrogens (tertiary/aromatic N) is 2. The molecule has 3 fully saturated rings. The molecule has 2 saturated carbocycles. The Morgan fingerprint density at radius 3 is 2.61 bits per heavy atom. The summed E-state index contributed by atoms with van der Waals surface area (Å²) in [6.45, 7) is 6.06. The largest absolute Gasteiger partial charge is 0.478 e. The molecule has 0 spiro atoms. The monoisotopic (exact) mass is 452 g/mol. The number of hydrogen-bond donors (Lipinski definition) is 2. The van der Waals surface area contributed by atoms with Crippen LogP contribution in [0, 0.1) is 6.92 Å². The van der Waals surface area contributed by atoms with Gasteiger partial charge in [0.05, 0.1) is 24.6 Å². The average molecular weight is 453 g/mol. The van der Waals surface area contributed by atoms with Gasteiger partial charge in [0.1, 0.15) is 6.33 Å². The number of hydrogen-bond acceptors (Lipinski definition) is 7. The maximum Gasteiger partial charge on any atom is 0.220 e. The highest BCUT2D eigenvalue weighted by Gasteiger charge is 2.39. The molecule has 0 radical (unpaired) electrons. The molecule has 174 valence electrons. The van der Waals surface area contributed by atoms with Gasteiger partial charge in [-0.1, -0.05) is 0 Å². The predicted molar refractivity (Wildman–Crippen MR) is 119 cm³/mol. The summed E-state index contributed by atoms with van der Waals surface area (Å²) < 4.78 is 39.7. The van der Waals surface area contributed by atoms with Gasteiger partial charge in [-0.2, -0.15) is 0 Å². The molecule has 0 unspecified atom stereocenters. The quantitative estimate of drug-likeness (QED) is 0.593. The third-order valence-corrected chi connectivity index (χ3v) is 8.76. The lowest BCUT2D eigenvalue weighted by molar-refractivity contribution is 0.00500. The zero-order valence-corrected chi connectivity index (χ0v) is 19.5. The summed E-state index contributed by atoms with van der Waals surface area (Å²) in [6, 6.07) is -0.0390. The van der Waals surface area contributed by atoms with Crippen LogP contribution in [0.4, 0.5) is 0 Å². The summed E-state index contributed by atoms with van der Waals surface area (Å²) in [5.74, 6) is 1.12. The van der Waals surface area contributed by atoms with Crippen molar-refractivity contribution in [3.8, 4) is 5.88 Å². The fourth-order valence-electron chi connectivity index (χ4n) is 4.90. The first-order valence-electron chi connectivity index (χ1n) is 11.8. The van der Waals surface area contributed by atoms with E-state index in [9.17, 15) is 8.42 Å². The Hall–Kier alpha value is -1.29. The van der Waals surface area contributed by atoms with Crippen LogP contribution in [-0.4, -0.2) is 61.6 Å². The zero-order valence-electron chi connectivity index (χ0n) is 18.7. The van der Waals surface area contributed by atoms with E-state index in [1.807, 2.05) is 13.8 Å². The van der Waals surface area contributed by atoms with Crippen molar-refractivity contribution in [3.05, 3.63) is 17.6 Å². The van der Waals surface area contributed by atoms with Crippen LogP contribution in [0.25, 0.3) is 0 Å². The van der Waals surface area contributed by atoms with Gasteiger partial charge in [-0.05, 0) is 77.7 Å². The van der Waals surface area contributed by atoms with Crippen molar-refractivity contribution in [1.82, 2.24) is 20.0 Å². The Kier molecular flexibility index (Phi) is 7.46. The molecule has 0 bridgehead atoms. The highest BCUT2D eigenvalue weighted by molar-refractivity contribution is 7.90. The average Bonchev–Trinajstić information content (AvgIpc) is 3.60. The first-order valence-corrected chi connectivity index (χ1v) is 13.3. The van der Waals surface area contributed by atoms with Gasteiger partial charge in [0.15, 0.2) is 0 Å². The Morgan fingerprint density at radius 2 is 1.90 bits per heavy atom. The molecule has 1 aliphatic heterocycles. The normalized spacial score (nSPS) is 29.6. The third kappa shape index (κ3) is 5.74. The highest BCUT2D eigenvalue weighted by atomic mass is 32.2. The maximum absolute atomic E-state index is 12.4. The third-order valence-electron chi connectivity index (χ3n) is 6.78. The van der Waals surface area contributed by atoms with Crippen molar-refractivity contribution in [3.63, 3.8) is 0 Å². The van der Waals surface area contributed by atoms with Crippen molar-refractivity contribution < 1.29 is 17.9 Å². The number of sulfonamides is 1. The molecular formula is C22H36N4O4S. The molecule has 1 aromatic heterocycles. The lowest BCUT2D eigenvalue weighted by Crippen LogP contribution is -2.56. The van der Waals surface area contributed by atoms with Crippen molar-refractivity contribution >= 4 is 10.0 Å². The molecular weight excluding hydrogens is 416 g/mol. The summed E-state index contributed by atoms with van der Waals surface area (Å²) in [6.07, 6.45) is 9.22. The number of rotatable bonds is 9. The lowest BCUT2D eigenvalue weighted by Gasteiger charge is -2.35. The standard InChI is InChI=1S/C22H36N4O4S/c1-3-29-22-21(15(2)24-14-25-22)16-6-8-17(9-7-16)30-13-20-19(5-4-12-23-20)26-31(27,28)18-10-11-18/h14,16-20,23,26H,3-13H2,1-2H3/t16-,17+,19-,20-/m0/s1. The molecule has 9 heteroatoms. The molecule has 31 heavy (non-hydrogen) atoms. The van der Waals surface area contributed by atoms with Crippen LogP contribution in [0.5, 0.6) is 5.88 Å². The second-order valence-electron chi connectivity index (χ2n) is 9.09. The molecule has 4 rings (SSSR count). The van der Waals surface area contributed by atoms with Gasteiger partial charge < -0.3 is 14.8 Å². The summed E-state index contributed by atoms with van der Waals surface area (Å²) >= 11 is 0. The molecule has 1 aromatic rings. The SMILES string of the molecule is CCOc1ncnc(C)c1[C@H]1CC[C@@H](OC[C@@H]2NCCC[C@@H]2NS(=O)(=O)C2CC2)CC1. The fourth-order valence-corrected chi connectivity index (χ4v) is 6.55. The minimum Gasteiger partial charge on any atom is -0.478 e. The van der Waals surface area contributed by atoms with Crippen LogP contribution in [-0.2, 0) is 14.8 Å². The van der Waals surface area contributed by atoms with Gasteiger partial charge in [0, 0.05) is 23.3 Å². The van der Waals surface area contributed by atoms with E-state index in [0.717, 1.165) is 75.0 Å². The van der Waals surface area contributed by atoms with Gasteiger partial charge in [0.2, 0.25) is 15.9 Å². The van der Waals surface area contributed by atoms with Gasteiger partial charge >= 0.3 is 0 Å². The van der Waals surface area contributed by atoms with Crippen molar-refractivity contribution in [2.45, 2.75) is 94.6 Å². The van der Waals surface area contributed by atoms with Gasteiger partial charge in [0.25, 0.3) is 0 Å². The summed E-state index contributed by atoms with van der Waals surface area (Å²) in [5.41, 5.74) is 2.14. The van der Waals surface area contributed by atoms with E-state index in [2.05, 4.69) is 20.0 Å². The van der Waals surface area contributed by atoms with Crippen LogP contribution < -0.4 is 14.8 Å². The van der Waals surface area contributed by atoms with Crippen LogP contribution in [0.15, 0.2) is 6.33 Å². The van der Waals surface area contributed by atoms with Crippen LogP contribution >= 0.6 is 0 Å². The van der Waals surface area contributed by atoms with Crippen LogP contribution in [0.2, 0.25) is 0 Å². The van der Waals surface area contributed by atoms with E-state index in [0.29, 0.717) is 19.1 Å². The molecule has 2 atom stereocenters. The molecule has 0 amide bonds. The Bertz CT molecular complexity index is 838. The second kappa shape index (κ2) is 10.1. The van der Waals surface area contributed by atoms with E-state index in [1.54, 1.807) is 6.33 Å². The van der Waals surface area contributed by atoms with E-state index >= 15 is 0 Å². The highest BCUT2D eigenvalue weighted by Crippen LogP contribution is 2.38. The van der Waals surface area contributed by atoms with Gasteiger partial charge in [-0.3, -0.25) is 0 Å². The fraction of sp³-hybridized carbons (Fsp3) is 0.818. The molecule has 2 aliphatic carbocycles. The van der Waals surface area contributed by atoms with E-state index < -0.39 is 10.0 Å². The van der Waals surface area contributed by atoms with E-state index in [4.69, 9.17) is 9.47 Å². The van der Waals surface area contributed by atoms with E-state index in [-0.39, 0.29) is 23.4 Å². The maximum atomic E-state index is 12.4. The number of nitrogens with one attached hydrogen (secondary N) is 2. The number of piperidine rings is 1. The first-order chi connectivity index (χ1) is 15.0. The second-order valence-corrected chi connectivity index (χ2v) is 11.1. The number of aromatic nitrogens is 2. The van der Waals surface area contributed by atoms with Crippen LogP contribution in [0.3, 0.4) is 0 Å². The minimum absolute atomic E-state index is 0.0364. The van der Waals surface area contributed by atoms with Gasteiger partial charge in [-0.25, -0.2) is 23.1 Å². The molecule has 3 aliphatic rings. The number of ether oxygens (including phenoxy) is 2. The van der Waals surface area contributed by atoms with Crippen molar-refractivity contribution in [1.29, 1.82) is 0 Å². The smallest absolute Gasteiger partial charge is 0.220 e. The van der Waals surface area contributed by atoms with Crippen molar-refractivity contribution in [2.24, 2.45) is 0 Å². The Labute approximate surface area is 186 Å². The van der Waals surface area contributed by atoms with Crippen LogP contribution in [0.1, 0.15) is 75.5 Å². The van der Waals surface area contributed by atoms with E-state index in [1.165, 1.54) is 0 Å². The molecule has 2 N–H and O–H groups in total. The molecule has 1 saturated heterocycles. The minimum atomic E-state index is -3.18. The molecule has 8 nitrogen and oxygen atoms in total. The number of aryl methyl sites for hydroxylation is 1. The summed E-state index contributed by atoms with van der Waals surface area (Å²) in [4.78, 5) is 8.73. The molecule has 2 heterocycles. The van der Waals surface area contributed by atoms with Gasteiger partial charge in [-0.15, -0.1) is 0 Å². The molecule has 0 aromatic carbocycles. The first kappa shape index (κ1) is 22.9. The topological polar surface area (TPSA) is 102 Å². The van der Waals surface area contributed by atoms with Crippen molar-refractivity contribution in [2.75, 3.05) is 19.8 Å². The summed E-state index contributed by atoms with van der Waals surface area (Å²) in [7, 11) is -3.18. The summed E-state index contributed by atoms with van der Waals surface area (Å²) in [5, 5.41) is 3.29. The Balaban J connectivity index is 1.29. The Morgan fingerprint density at radius 1 is 1.13 bits per heavy atom. The predicted octanol–water partition coefficient (Wildman–Crippen LogP) is 2.43. The zero-order chi connectivity index (χ0) is 21.8. The lowest BCUT2D eigenvalue weighted by atomic mass is 9.82.